The summed E-state index contributed by atoms with van der Waals surface area (Å²) in [6, 6.07) is 12.7. The lowest BCUT2D eigenvalue weighted by molar-refractivity contribution is -0.134. The van der Waals surface area contributed by atoms with Crippen LogP contribution in [-0.2, 0) is 36.8 Å². The van der Waals surface area contributed by atoms with Gasteiger partial charge in [0.1, 0.15) is 17.8 Å². The van der Waals surface area contributed by atoms with E-state index in [2.05, 4.69) is 16.0 Å². The van der Waals surface area contributed by atoms with E-state index in [0.717, 1.165) is 18.1 Å². The summed E-state index contributed by atoms with van der Waals surface area (Å²) in [4.78, 5) is 58.5. The van der Waals surface area contributed by atoms with Crippen LogP contribution in [-0.4, -0.2) is 82.0 Å². The minimum Gasteiger partial charge on any atom is -0.508 e. The maximum atomic E-state index is 12.7. The van der Waals surface area contributed by atoms with Crippen LogP contribution in [0.3, 0.4) is 0 Å². The molecule has 0 saturated carbocycles. The van der Waals surface area contributed by atoms with E-state index in [1.807, 2.05) is 36.6 Å². The van der Waals surface area contributed by atoms with E-state index in [9.17, 15) is 24.3 Å². The summed E-state index contributed by atoms with van der Waals surface area (Å²) < 4.78 is 0. The molecule has 0 aliphatic rings. The third kappa shape index (κ3) is 15.9. The largest absolute Gasteiger partial charge is 0.508 e. The number of carbonyl (C=O) groups excluding carboxylic acids is 4. The molecular formula is C27H39N5O8S. The van der Waals surface area contributed by atoms with Gasteiger partial charge in [0, 0.05) is 13.3 Å². The van der Waals surface area contributed by atoms with Gasteiger partial charge in [-0.2, -0.15) is 11.8 Å². The Bertz CT molecular complexity index is 1110. The second kappa shape index (κ2) is 19.8. The molecule has 0 saturated heterocycles. The molecule has 0 radical (unpaired) electrons. The monoisotopic (exact) mass is 593 g/mol. The second-order valence-corrected chi connectivity index (χ2v) is 9.75. The number of phenolic OH excluding ortho intramolecular Hbond substituents is 1. The molecule has 2 rings (SSSR count). The van der Waals surface area contributed by atoms with Crippen molar-refractivity contribution in [2.24, 2.45) is 11.5 Å². The van der Waals surface area contributed by atoms with Gasteiger partial charge in [0.2, 0.25) is 23.6 Å². The molecule has 0 unspecified atom stereocenters. The minimum atomic E-state index is -0.929. The average molecular weight is 594 g/mol. The number of amides is 4. The molecule has 0 fully saturated rings. The Morgan fingerprint density at radius 1 is 0.878 bits per heavy atom. The highest BCUT2D eigenvalue weighted by Gasteiger charge is 2.25. The van der Waals surface area contributed by atoms with Crippen molar-refractivity contribution in [3.63, 3.8) is 0 Å². The first-order valence-corrected chi connectivity index (χ1v) is 13.7. The number of nitrogens with one attached hydrogen (secondary N) is 3. The maximum Gasteiger partial charge on any atom is 0.300 e. The Morgan fingerprint density at radius 3 is 1.98 bits per heavy atom. The summed E-state index contributed by atoms with van der Waals surface area (Å²) in [7, 11) is 0. The summed E-state index contributed by atoms with van der Waals surface area (Å²) in [6.07, 6.45) is 2.66. The Balaban J connectivity index is 0.00000299. The second-order valence-electron chi connectivity index (χ2n) is 8.77. The van der Waals surface area contributed by atoms with Crippen LogP contribution in [0.25, 0.3) is 0 Å². The number of carboxylic acids is 1. The number of nitrogens with two attached hydrogens (primary N) is 2. The SMILES string of the molecule is CC(=O)O.CSCC[C@@H](NC(=O)[C@@H](N)Cc1ccc(O)cc1)C(=O)NCC(=O)N[C@@H](Cc1ccccc1)C(N)=O.O. The third-order valence-electron chi connectivity index (χ3n) is 5.36. The molecule has 0 spiro atoms. The fraction of sp³-hybridized carbons (Fsp3) is 0.370. The van der Waals surface area contributed by atoms with Crippen molar-refractivity contribution < 1.29 is 39.7 Å². The van der Waals surface area contributed by atoms with Gasteiger partial charge in [-0.15, -0.1) is 0 Å². The van der Waals surface area contributed by atoms with Crippen LogP contribution in [0.1, 0.15) is 24.5 Å². The minimum absolute atomic E-state index is 0. The molecule has 0 aliphatic carbocycles. The van der Waals surface area contributed by atoms with Crippen LogP contribution in [0.2, 0.25) is 0 Å². The first kappa shape index (κ1) is 36.9. The Labute approximate surface area is 242 Å². The number of carbonyl (C=O) groups is 5. The van der Waals surface area contributed by atoms with Gasteiger partial charge in [0.25, 0.3) is 5.97 Å². The first-order chi connectivity index (χ1) is 18.9. The molecular weight excluding hydrogens is 554 g/mol. The number of hydrogen-bond acceptors (Lipinski definition) is 8. The first-order valence-electron chi connectivity index (χ1n) is 12.4. The highest BCUT2D eigenvalue weighted by Crippen LogP contribution is 2.11. The third-order valence-corrected chi connectivity index (χ3v) is 6.00. The van der Waals surface area contributed by atoms with Gasteiger partial charge in [-0.25, -0.2) is 0 Å². The quantitative estimate of drug-likeness (QED) is 0.143. The topological polar surface area (TPSA) is 245 Å². The lowest BCUT2D eigenvalue weighted by Gasteiger charge is -2.21. The summed E-state index contributed by atoms with van der Waals surface area (Å²) in [5.41, 5.74) is 13.0. The standard InChI is InChI=1S/C25H33N5O5S.C2H4O2.H2O/c1-36-12-11-20(30-24(34)19(26)13-17-7-9-18(31)10-8-17)25(35)28-15-22(32)29-21(23(27)33)14-16-5-3-2-4-6-16;1-2(3)4;/h2-10,19-21,31H,11-15,26H2,1H3,(H2,27,33)(H,28,35)(H,29,32)(H,30,34);1H3,(H,3,4);1H2/t19-,20+,21-;;/m0../s1. The lowest BCUT2D eigenvalue weighted by atomic mass is 10.1. The van der Waals surface area contributed by atoms with E-state index in [1.165, 1.54) is 23.9 Å². The fourth-order valence-electron chi connectivity index (χ4n) is 3.37. The average Bonchev–Trinajstić information content (AvgIpc) is 2.90. The lowest BCUT2D eigenvalue weighted by Crippen LogP contribution is -2.54. The molecule has 2 aromatic carbocycles. The Kier molecular flexibility index (Phi) is 17.8. The van der Waals surface area contributed by atoms with Crippen molar-refractivity contribution in [1.82, 2.24) is 16.0 Å². The van der Waals surface area contributed by atoms with Crippen molar-refractivity contribution in [1.29, 1.82) is 0 Å². The predicted octanol–water partition coefficient (Wildman–Crippen LogP) is -0.905. The molecule has 0 aromatic heterocycles. The van der Waals surface area contributed by atoms with Gasteiger partial charge in [0.05, 0.1) is 12.6 Å². The van der Waals surface area contributed by atoms with Gasteiger partial charge in [0.15, 0.2) is 0 Å². The van der Waals surface area contributed by atoms with Crippen LogP contribution in [0.15, 0.2) is 54.6 Å². The van der Waals surface area contributed by atoms with Gasteiger partial charge in [-0.1, -0.05) is 42.5 Å². The zero-order chi connectivity index (χ0) is 30.1. The van der Waals surface area contributed by atoms with Crippen LogP contribution in [0.5, 0.6) is 5.75 Å². The summed E-state index contributed by atoms with van der Waals surface area (Å²) >= 11 is 1.51. The number of phenols is 1. The molecule has 3 atom stereocenters. The maximum absolute atomic E-state index is 12.7. The van der Waals surface area contributed by atoms with Crippen LogP contribution in [0.4, 0.5) is 0 Å². The van der Waals surface area contributed by atoms with E-state index in [-0.39, 0.29) is 30.6 Å². The van der Waals surface area contributed by atoms with Gasteiger partial charge in [-0.3, -0.25) is 24.0 Å². The van der Waals surface area contributed by atoms with Crippen LogP contribution >= 0.6 is 11.8 Å². The number of thioether (sulfide) groups is 1. The molecule has 41 heavy (non-hydrogen) atoms. The number of hydrogen-bond donors (Lipinski definition) is 7. The fourth-order valence-corrected chi connectivity index (χ4v) is 3.84. The van der Waals surface area contributed by atoms with Gasteiger partial charge >= 0.3 is 0 Å². The van der Waals surface area contributed by atoms with Crippen molar-refractivity contribution >= 4 is 41.4 Å². The highest BCUT2D eigenvalue weighted by molar-refractivity contribution is 7.98. The van der Waals surface area contributed by atoms with Gasteiger partial charge in [-0.05, 0) is 48.1 Å². The number of benzene rings is 2. The van der Waals surface area contributed by atoms with Crippen LogP contribution in [0, 0.1) is 0 Å². The molecule has 4 amide bonds. The smallest absolute Gasteiger partial charge is 0.300 e. The van der Waals surface area contributed by atoms with E-state index >= 15 is 0 Å². The Hall–Kier alpha value is -4.14. The van der Waals surface area contributed by atoms with Crippen molar-refractivity contribution in [3.8, 4) is 5.75 Å². The summed E-state index contributed by atoms with van der Waals surface area (Å²) in [5, 5.41) is 24.5. The zero-order valence-corrected chi connectivity index (χ0v) is 23.8. The molecule has 226 valence electrons. The van der Waals surface area contributed by atoms with E-state index < -0.39 is 47.7 Å². The number of aromatic hydroxyl groups is 1. The summed E-state index contributed by atoms with van der Waals surface area (Å²) in [6.45, 7) is 0.697. The van der Waals surface area contributed by atoms with Crippen LogP contribution < -0.4 is 27.4 Å². The molecule has 11 N–H and O–H groups in total. The van der Waals surface area contributed by atoms with E-state index in [0.29, 0.717) is 12.2 Å². The van der Waals surface area contributed by atoms with Crippen molar-refractivity contribution in [2.75, 3.05) is 18.6 Å². The van der Waals surface area contributed by atoms with Gasteiger partial charge < -0.3 is 43.1 Å². The number of aliphatic carboxylic acids is 1. The zero-order valence-electron chi connectivity index (χ0n) is 23.0. The molecule has 2 aromatic rings. The number of primary amides is 1. The Morgan fingerprint density at radius 2 is 1.44 bits per heavy atom. The molecule has 0 bridgehead atoms. The predicted molar refractivity (Wildman–Crippen MR) is 156 cm³/mol. The molecule has 14 heteroatoms. The molecule has 0 aliphatic heterocycles. The molecule has 13 nitrogen and oxygen atoms in total. The van der Waals surface area contributed by atoms with E-state index in [4.69, 9.17) is 21.4 Å². The van der Waals surface area contributed by atoms with Crippen molar-refractivity contribution in [3.05, 3.63) is 65.7 Å². The number of rotatable bonds is 14. The normalized spacial score (nSPS) is 12.2. The summed E-state index contributed by atoms with van der Waals surface area (Å²) in [5.74, 6) is -2.45. The molecule has 0 heterocycles. The van der Waals surface area contributed by atoms with E-state index in [1.54, 1.807) is 12.1 Å². The van der Waals surface area contributed by atoms with Crippen molar-refractivity contribution in [2.45, 2.75) is 44.3 Å². The number of carboxylic acid groups (broad SMARTS) is 1. The highest BCUT2D eigenvalue weighted by atomic mass is 32.2.